The molecule has 2 nitrogen and oxygen atoms in total. The monoisotopic (exact) mass is 206 g/mol. The van der Waals surface area contributed by atoms with Crippen molar-refractivity contribution >= 4 is 5.97 Å². The third-order valence-corrected chi connectivity index (χ3v) is 2.68. The predicted octanol–water partition coefficient (Wildman–Crippen LogP) is 3.05. The van der Waals surface area contributed by atoms with Gasteiger partial charge < -0.3 is 4.74 Å². The fourth-order valence-corrected chi connectivity index (χ4v) is 1.62. The van der Waals surface area contributed by atoms with Gasteiger partial charge in [-0.25, -0.2) is 0 Å². The Labute approximate surface area is 91.3 Å². The van der Waals surface area contributed by atoms with Crippen LogP contribution < -0.4 is 0 Å². The van der Waals surface area contributed by atoms with Gasteiger partial charge in [0.25, 0.3) is 0 Å². The highest BCUT2D eigenvalue weighted by Crippen LogP contribution is 2.23. The normalized spacial score (nSPS) is 12.2. The lowest BCUT2D eigenvalue weighted by Crippen LogP contribution is -2.07. The summed E-state index contributed by atoms with van der Waals surface area (Å²) in [5.41, 5.74) is 2.46. The molecule has 0 heterocycles. The molecule has 0 fully saturated rings. The van der Waals surface area contributed by atoms with Crippen molar-refractivity contribution in [3.05, 3.63) is 35.4 Å². The summed E-state index contributed by atoms with van der Waals surface area (Å²) in [5, 5.41) is 0. The molecule has 2 heteroatoms. The van der Waals surface area contributed by atoms with Crippen LogP contribution in [0.2, 0.25) is 0 Å². The van der Waals surface area contributed by atoms with Crippen molar-refractivity contribution < 1.29 is 9.53 Å². The summed E-state index contributed by atoms with van der Waals surface area (Å²) < 4.78 is 4.69. The van der Waals surface area contributed by atoms with Crippen molar-refractivity contribution in [3.8, 4) is 0 Å². The molecule has 1 aromatic carbocycles. The van der Waals surface area contributed by atoms with E-state index in [1.165, 1.54) is 18.2 Å². The van der Waals surface area contributed by atoms with E-state index >= 15 is 0 Å². The molecule has 0 bridgehead atoms. The molecule has 0 aliphatic carbocycles. The van der Waals surface area contributed by atoms with E-state index in [-0.39, 0.29) is 11.9 Å². The minimum Gasteiger partial charge on any atom is -0.469 e. The molecule has 0 aromatic heterocycles. The van der Waals surface area contributed by atoms with Crippen LogP contribution in [0, 0.1) is 6.92 Å². The van der Waals surface area contributed by atoms with Crippen LogP contribution in [-0.2, 0) is 9.53 Å². The minimum atomic E-state index is -0.137. The van der Waals surface area contributed by atoms with Crippen LogP contribution in [0.5, 0.6) is 0 Å². The van der Waals surface area contributed by atoms with E-state index in [2.05, 4.69) is 42.8 Å². The molecule has 1 aromatic rings. The van der Waals surface area contributed by atoms with Gasteiger partial charge in [-0.05, 0) is 24.8 Å². The molecular formula is C13H18O2. The summed E-state index contributed by atoms with van der Waals surface area (Å²) in [6.07, 6.45) is 1.42. The Morgan fingerprint density at radius 3 is 2.40 bits per heavy atom. The molecule has 0 aliphatic rings. The number of esters is 1. The summed E-state index contributed by atoms with van der Waals surface area (Å²) in [6.45, 7) is 4.15. The van der Waals surface area contributed by atoms with Crippen molar-refractivity contribution in [1.82, 2.24) is 0 Å². The third-order valence-electron chi connectivity index (χ3n) is 2.68. The maximum absolute atomic E-state index is 11.2. The highest BCUT2D eigenvalue weighted by molar-refractivity contribution is 5.70. The van der Waals surface area contributed by atoms with Crippen LogP contribution >= 0.6 is 0 Å². The highest BCUT2D eigenvalue weighted by Gasteiger charge is 2.14. The van der Waals surface area contributed by atoms with Gasteiger partial charge in [0, 0.05) is 0 Å². The van der Waals surface area contributed by atoms with E-state index in [4.69, 9.17) is 0 Å². The zero-order chi connectivity index (χ0) is 11.3. The topological polar surface area (TPSA) is 26.3 Å². The van der Waals surface area contributed by atoms with Crippen LogP contribution in [0.3, 0.4) is 0 Å². The summed E-state index contributed by atoms with van der Waals surface area (Å²) in [5.74, 6) is 0.139. The van der Waals surface area contributed by atoms with E-state index in [1.807, 2.05) is 0 Å². The molecule has 1 atom stereocenters. The van der Waals surface area contributed by atoms with Gasteiger partial charge in [-0.1, -0.05) is 36.8 Å². The van der Waals surface area contributed by atoms with E-state index in [0.717, 1.165) is 6.42 Å². The molecule has 0 aliphatic heterocycles. The SMILES string of the molecule is CCC(CC(=O)OC)c1ccc(C)cc1. The van der Waals surface area contributed by atoms with Gasteiger partial charge in [0.2, 0.25) is 0 Å². The Bertz CT molecular complexity index is 314. The molecule has 0 saturated heterocycles. The quantitative estimate of drug-likeness (QED) is 0.708. The molecule has 15 heavy (non-hydrogen) atoms. The summed E-state index contributed by atoms with van der Waals surface area (Å²) in [6, 6.07) is 8.34. The zero-order valence-electron chi connectivity index (χ0n) is 9.62. The first kappa shape index (κ1) is 11.8. The van der Waals surface area contributed by atoms with Gasteiger partial charge in [-0.15, -0.1) is 0 Å². The van der Waals surface area contributed by atoms with Crippen molar-refractivity contribution in [2.45, 2.75) is 32.6 Å². The lowest BCUT2D eigenvalue weighted by Gasteiger charge is -2.13. The van der Waals surface area contributed by atoms with E-state index in [9.17, 15) is 4.79 Å². The summed E-state index contributed by atoms with van der Waals surface area (Å²) in [4.78, 5) is 11.2. The average molecular weight is 206 g/mol. The van der Waals surface area contributed by atoms with Crippen molar-refractivity contribution in [3.63, 3.8) is 0 Å². The second-order valence-corrected chi connectivity index (χ2v) is 3.80. The number of aryl methyl sites for hydroxylation is 1. The first-order valence-corrected chi connectivity index (χ1v) is 5.30. The van der Waals surface area contributed by atoms with E-state index in [1.54, 1.807) is 0 Å². The standard InChI is InChI=1S/C13H18O2/c1-4-11(9-13(14)15-3)12-7-5-10(2)6-8-12/h5-8,11H,4,9H2,1-3H3. The second-order valence-electron chi connectivity index (χ2n) is 3.80. The average Bonchev–Trinajstić information content (AvgIpc) is 2.27. The number of rotatable bonds is 4. The fraction of sp³-hybridized carbons (Fsp3) is 0.462. The number of methoxy groups -OCH3 is 1. The largest absolute Gasteiger partial charge is 0.469 e. The first-order chi connectivity index (χ1) is 7.17. The maximum atomic E-state index is 11.2. The number of carbonyl (C=O) groups is 1. The first-order valence-electron chi connectivity index (χ1n) is 5.30. The highest BCUT2D eigenvalue weighted by atomic mass is 16.5. The van der Waals surface area contributed by atoms with Crippen LogP contribution in [0.1, 0.15) is 36.8 Å². The van der Waals surface area contributed by atoms with Crippen LogP contribution in [0.15, 0.2) is 24.3 Å². The van der Waals surface area contributed by atoms with Crippen molar-refractivity contribution in [1.29, 1.82) is 0 Å². The van der Waals surface area contributed by atoms with Gasteiger partial charge >= 0.3 is 5.97 Å². The lowest BCUT2D eigenvalue weighted by molar-refractivity contribution is -0.141. The Hall–Kier alpha value is -1.31. The van der Waals surface area contributed by atoms with Crippen molar-refractivity contribution in [2.75, 3.05) is 7.11 Å². The number of carbonyl (C=O) groups excluding carboxylic acids is 1. The summed E-state index contributed by atoms with van der Waals surface area (Å²) in [7, 11) is 1.43. The molecule has 1 unspecified atom stereocenters. The third kappa shape index (κ3) is 3.39. The molecule has 0 N–H and O–H groups in total. The number of ether oxygens (including phenoxy) is 1. The van der Waals surface area contributed by atoms with E-state index < -0.39 is 0 Å². The molecular weight excluding hydrogens is 188 g/mol. The van der Waals surface area contributed by atoms with Crippen LogP contribution in [0.25, 0.3) is 0 Å². The zero-order valence-corrected chi connectivity index (χ0v) is 9.62. The number of benzene rings is 1. The maximum Gasteiger partial charge on any atom is 0.306 e. The fourth-order valence-electron chi connectivity index (χ4n) is 1.62. The lowest BCUT2D eigenvalue weighted by atomic mass is 9.93. The molecule has 82 valence electrons. The van der Waals surface area contributed by atoms with Gasteiger partial charge in [-0.2, -0.15) is 0 Å². The Kier molecular flexibility index (Phi) is 4.35. The number of hydrogen-bond donors (Lipinski definition) is 0. The molecule has 0 radical (unpaired) electrons. The minimum absolute atomic E-state index is 0.137. The molecule has 0 spiro atoms. The van der Waals surface area contributed by atoms with Gasteiger partial charge in [0.1, 0.15) is 0 Å². The Morgan fingerprint density at radius 1 is 1.33 bits per heavy atom. The molecule has 0 saturated carbocycles. The summed E-state index contributed by atoms with van der Waals surface area (Å²) >= 11 is 0. The molecule has 1 rings (SSSR count). The Morgan fingerprint density at radius 2 is 1.93 bits per heavy atom. The van der Waals surface area contributed by atoms with Gasteiger partial charge in [0.05, 0.1) is 13.5 Å². The van der Waals surface area contributed by atoms with Gasteiger partial charge in [-0.3, -0.25) is 4.79 Å². The Balaban J connectivity index is 2.74. The number of hydrogen-bond acceptors (Lipinski definition) is 2. The van der Waals surface area contributed by atoms with Crippen molar-refractivity contribution in [2.24, 2.45) is 0 Å². The van der Waals surface area contributed by atoms with Gasteiger partial charge in [0.15, 0.2) is 0 Å². The molecule has 0 amide bonds. The second kappa shape index (κ2) is 5.54. The van der Waals surface area contributed by atoms with Crippen LogP contribution in [0.4, 0.5) is 0 Å². The predicted molar refractivity (Wildman–Crippen MR) is 60.8 cm³/mol. The van der Waals surface area contributed by atoms with Crippen LogP contribution in [-0.4, -0.2) is 13.1 Å². The van der Waals surface area contributed by atoms with E-state index in [0.29, 0.717) is 6.42 Å². The smallest absolute Gasteiger partial charge is 0.306 e.